The van der Waals surface area contributed by atoms with Gasteiger partial charge in [-0.2, -0.15) is 0 Å². The second kappa shape index (κ2) is 6.76. The Morgan fingerprint density at radius 3 is 3.00 bits per heavy atom. The van der Waals surface area contributed by atoms with Gasteiger partial charge in [-0.05, 0) is 48.9 Å². The van der Waals surface area contributed by atoms with Gasteiger partial charge in [-0.15, -0.1) is 0 Å². The predicted octanol–water partition coefficient (Wildman–Crippen LogP) is 2.86. The number of ether oxygens (including phenoxy) is 2. The second-order valence-electron chi connectivity index (χ2n) is 4.73. The number of aliphatic hydroxyl groups is 1. The van der Waals surface area contributed by atoms with E-state index >= 15 is 0 Å². The molecule has 1 aromatic rings. The van der Waals surface area contributed by atoms with E-state index < -0.39 is 0 Å². The lowest BCUT2D eigenvalue weighted by atomic mass is 9.89. The van der Waals surface area contributed by atoms with Crippen LogP contribution in [0.1, 0.15) is 43.4 Å². The number of aryl methyl sites for hydroxylation is 1. The van der Waals surface area contributed by atoms with Crippen molar-refractivity contribution in [2.24, 2.45) is 0 Å². The fourth-order valence-electron chi connectivity index (χ4n) is 2.31. The fraction of sp³-hybridized carbons (Fsp3) is 0.600. The Hall–Kier alpha value is -1.06. The Kier molecular flexibility index (Phi) is 5.02. The molecule has 1 unspecified atom stereocenters. The average Bonchev–Trinajstić information content (AvgIpc) is 2.39. The van der Waals surface area contributed by atoms with Crippen molar-refractivity contribution >= 4 is 0 Å². The van der Waals surface area contributed by atoms with Gasteiger partial charge in [0, 0.05) is 6.61 Å². The largest absolute Gasteiger partial charge is 0.491 e. The first-order chi connectivity index (χ1) is 8.81. The Bertz CT molecular complexity index is 376. The molecule has 1 N–H and O–H groups in total. The third-order valence-electron chi connectivity index (χ3n) is 3.24. The molecule has 1 aromatic carbocycles. The average molecular weight is 250 g/mol. The van der Waals surface area contributed by atoms with Crippen molar-refractivity contribution in [3.8, 4) is 5.75 Å². The van der Waals surface area contributed by atoms with Gasteiger partial charge in [0.2, 0.25) is 0 Å². The van der Waals surface area contributed by atoms with E-state index in [1.165, 1.54) is 5.56 Å². The minimum Gasteiger partial charge on any atom is -0.491 e. The van der Waals surface area contributed by atoms with Crippen molar-refractivity contribution in [3.63, 3.8) is 0 Å². The molecule has 100 valence electrons. The Labute approximate surface area is 109 Å². The van der Waals surface area contributed by atoms with Crippen molar-refractivity contribution in [1.82, 2.24) is 0 Å². The summed E-state index contributed by atoms with van der Waals surface area (Å²) in [5.41, 5.74) is 2.29. The molecule has 0 fully saturated rings. The SMILES string of the molecule is CCCOCCOc1ccc2c(c1)C(O)CCC2. The molecular weight excluding hydrogens is 228 g/mol. The van der Waals surface area contributed by atoms with Crippen molar-refractivity contribution in [2.75, 3.05) is 19.8 Å². The highest BCUT2D eigenvalue weighted by molar-refractivity contribution is 5.38. The van der Waals surface area contributed by atoms with E-state index in [2.05, 4.69) is 13.0 Å². The van der Waals surface area contributed by atoms with Gasteiger partial charge in [-0.1, -0.05) is 13.0 Å². The van der Waals surface area contributed by atoms with E-state index in [1.54, 1.807) is 0 Å². The molecule has 0 heterocycles. The summed E-state index contributed by atoms with van der Waals surface area (Å²) in [5, 5.41) is 9.95. The smallest absolute Gasteiger partial charge is 0.119 e. The van der Waals surface area contributed by atoms with Crippen LogP contribution in [0.15, 0.2) is 18.2 Å². The van der Waals surface area contributed by atoms with Crippen LogP contribution in [0.5, 0.6) is 5.75 Å². The van der Waals surface area contributed by atoms with Gasteiger partial charge in [0.15, 0.2) is 0 Å². The molecule has 0 bridgehead atoms. The predicted molar refractivity (Wildman–Crippen MR) is 70.9 cm³/mol. The summed E-state index contributed by atoms with van der Waals surface area (Å²) in [7, 11) is 0. The minimum atomic E-state index is -0.325. The first-order valence-corrected chi connectivity index (χ1v) is 6.82. The fourth-order valence-corrected chi connectivity index (χ4v) is 2.31. The van der Waals surface area contributed by atoms with Gasteiger partial charge >= 0.3 is 0 Å². The van der Waals surface area contributed by atoms with E-state index in [0.29, 0.717) is 13.2 Å². The lowest BCUT2D eigenvalue weighted by Crippen LogP contribution is -2.11. The molecule has 3 nitrogen and oxygen atoms in total. The van der Waals surface area contributed by atoms with E-state index in [1.807, 2.05) is 12.1 Å². The van der Waals surface area contributed by atoms with E-state index in [4.69, 9.17) is 9.47 Å². The number of benzene rings is 1. The van der Waals surface area contributed by atoms with E-state index in [0.717, 1.165) is 43.6 Å². The zero-order valence-electron chi connectivity index (χ0n) is 11.0. The normalized spacial score (nSPS) is 18.4. The van der Waals surface area contributed by atoms with Crippen molar-refractivity contribution in [3.05, 3.63) is 29.3 Å². The summed E-state index contributed by atoms with van der Waals surface area (Å²) in [4.78, 5) is 0. The molecule has 0 saturated heterocycles. The summed E-state index contributed by atoms with van der Waals surface area (Å²) in [6, 6.07) is 6.02. The van der Waals surface area contributed by atoms with Crippen LogP contribution in [0.4, 0.5) is 0 Å². The van der Waals surface area contributed by atoms with Crippen LogP contribution in [0.2, 0.25) is 0 Å². The lowest BCUT2D eigenvalue weighted by Gasteiger charge is -2.22. The molecule has 1 aliphatic carbocycles. The van der Waals surface area contributed by atoms with Gasteiger partial charge in [-0.25, -0.2) is 0 Å². The van der Waals surface area contributed by atoms with Crippen LogP contribution >= 0.6 is 0 Å². The summed E-state index contributed by atoms with van der Waals surface area (Å²) in [5.74, 6) is 0.829. The van der Waals surface area contributed by atoms with Gasteiger partial charge in [0.25, 0.3) is 0 Å². The standard InChI is InChI=1S/C15H22O3/c1-2-8-17-9-10-18-13-7-6-12-4-3-5-15(16)14(12)11-13/h6-7,11,15-16H,2-5,8-10H2,1H3. The Balaban J connectivity index is 1.88. The number of hydrogen-bond acceptors (Lipinski definition) is 3. The molecular formula is C15H22O3. The van der Waals surface area contributed by atoms with Gasteiger partial charge in [0.05, 0.1) is 12.7 Å². The van der Waals surface area contributed by atoms with E-state index in [9.17, 15) is 5.11 Å². The zero-order valence-corrected chi connectivity index (χ0v) is 11.0. The van der Waals surface area contributed by atoms with Crippen LogP contribution in [0.3, 0.4) is 0 Å². The number of aliphatic hydroxyl groups excluding tert-OH is 1. The molecule has 18 heavy (non-hydrogen) atoms. The van der Waals surface area contributed by atoms with Crippen LogP contribution in [0, 0.1) is 0 Å². The molecule has 0 radical (unpaired) electrons. The van der Waals surface area contributed by atoms with Crippen molar-refractivity contribution in [1.29, 1.82) is 0 Å². The molecule has 1 aliphatic rings. The molecule has 0 aliphatic heterocycles. The minimum absolute atomic E-state index is 0.325. The topological polar surface area (TPSA) is 38.7 Å². The quantitative estimate of drug-likeness (QED) is 0.789. The summed E-state index contributed by atoms with van der Waals surface area (Å²) in [6.07, 6.45) is 3.70. The maximum absolute atomic E-state index is 9.95. The maximum Gasteiger partial charge on any atom is 0.119 e. The van der Waals surface area contributed by atoms with Crippen molar-refractivity contribution < 1.29 is 14.6 Å². The summed E-state index contributed by atoms with van der Waals surface area (Å²) < 4.78 is 11.0. The third-order valence-corrected chi connectivity index (χ3v) is 3.24. The number of fused-ring (bicyclic) bond motifs is 1. The van der Waals surface area contributed by atoms with Gasteiger partial charge < -0.3 is 14.6 Å². The van der Waals surface area contributed by atoms with Crippen molar-refractivity contribution in [2.45, 2.75) is 38.7 Å². The molecule has 0 saturated carbocycles. The summed E-state index contributed by atoms with van der Waals surface area (Å²) in [6.45, 7) is 4.06. The first-order valence-electron chi connectivity index (χ1n) is 6.82. The highest BCUT2D eigenvalue weighted by Gasteiger charge is 2.18. The maximum atomic E-state index is 9.95. The first kappa shape index (κ1) is 13.4. The van der Waals surface area contributed by atoms with E-state index in [-0.39, 0.29) is 6.10 Å². The lowest BCUT2D eigenvalue weighted by molar-refractivity contribution is 0.100. The monoisotopic (exact) mass is 250 g/mol. The highest BCUT2D eigenvalue weighted by Crippen LogP contribution is 2.32. The van der Waals surface area contributed by atoms with Gasteiger partial charge in [0.1, 0.15) is 12.4 Å². The zero-order chi connectivity index (χ0) is 12.8. The second-order valence-corrected chi connectivity index (χ2v) is 4.73. The molecule has 0 spiro atoms. The van der Waals surface area contributed by atoms with Crippen LogP contribution in [0.25, 0.3) is 0 Å². The number of hydrogen-bond donors (Lipinski definition) is 1. The van der Waals surface area contributed by atoms with Crippen LogP contribution < -0.4 is 4.74 Å². The van der Waals surface area contributed by atoms with Crippen LogP contribution in [-0.4, -0.2) is 24.9 Å². The van der Waals surface area contributed by atoms with Gasteiger partial charge in [-0.3, -0.25) is 0 Å². The Morgan fingerprint density at radius 2 is 2.17 bits per heavy atom. The molecule has 0 aromatic heterocycles. The molecule has 0 amide bonds. The molecule has 3 heteroatoms. The number of rotatable bonds is 6. The Morgan fingerprint density at radius 1 is 1.28 bits per heavy atom. The van der Waals surface area contributed by atoms with Crippen LogP contribution in [-0.2, 0) is 11.2 Å². The third kappa shape index (κ3) is 3.47. The summed E-state index contributed by atoms with van der Waals surface area (Å²) >= 11 is 0. The molecule has 1 atom stereocenters. The molecule has 2 rings (SSSR count). The highest BCUT2D eigenvalue weighted by atomic mass is 16.5.